The third kappa shape index (κ3) is 3.17. The molecule has 3 rings (SSSR count). The largest absolute Gasteiger partial charge is 0.363 e. The monoisotopic (exact) mass is 321 g/mol. The van der Waals surface area contributed by atoms with E-state index in [1.807, 2.05) is 0 Å². The number of carbonyl (C=O) groups excluding carboxylic acids is 1. The summed E-state index contributed by atoms with van der Waals surface area (Å²) >= 11 is 1.71. The van der Waals surface area contributed by atoms with Crippen molar-refractivity contribution in [1.29, 1.82) is 0 Å². The van der Waals surface area contributed by atoms with E-state index < -0.39 is 5.91 Å². The molecule has 2 aromatic heterocycles. The minimum atomic E-state index is -0.664. The van der Waals surface area contributed by atoms with E-state index in [2.05, 4.69) is 32.3 Å². The summed E-state index contributed by atoms with van der Waals surface area (Å²) in [5.41, 5.74) is 6.25. The number of hydrogen-bond acceptors (Lipinski definition) is 7. The van der Waals surface area contributed by atoms with Crippen LogP contribution in [0.15, 0.2) is 9.90 Å². The molecule has 0 radical (unpaired) electrons. The lowest BCUT2D eigenvalue weighted by atomic mass is 10.2. The molecule has 0 unspecified atom stereocenters. The Kier molecular flexibility index (Phi) is 4.49. The van der Waals surface area contributed by atoms with Gasteiger partial charge in [-0.3, -0.25) is 9.69 Å². The van der Waals surface area contributed by atoms with Gasteiger partial charge in [0, 0.05) is 11.9 Å². The highest BCUT2D eigenvalue weighted by atomic mass is 32.1. The maximum Gasteiger partial charge on any atom is 0.290 e. The van der Waals surface area contributed by atoms with E-state index in [1.165, 1.54) is 5.01 Å². The molecule has 0 aliphatic carbocycles. The molecule has 8 heteroatoms. The number of primary amides is 1. The highest BCUT2D eigenvalue weighted by molar-refractivity contribution is 7.09. The van der Waals surface area contributed by atoms with E-state index in [4.69, 9.17) is 10.3 Å². The van der Waals surface area contributed by atoms with Gasteiger partial charge in [-0.25, -0.2) is 4.98 Å². The first kappa shape index (κ1) is 15.1. The normalized spacial score (nSPS) is 18.9. The van der Waals surface area contributed by atoms with Crippen molar-refractivity contribution in [2.75, 3.05) is 6.54 Å². The number of thiazole rings is 1. The first-order valence-corrected chi connectivity index (χ1v) is 8.36. The Hall–Kier alpha value is -1.80. The molecular weight excluding hydrogens is 302 g/mol. The first-order valence-electron chi connectivity index (χ1n) is 7.48. The number of aromatic nitrogens is 3. The van der Waals surface area contributed by atoms with E-state index in [9.17, 15) is 4.79 Å². The molecule has 118 valence electrons. The van der Waals surface area contributed by atoms with Gasteiger partial charge >= 0.3 is 0 Å². The van der Waals surface area contributed by atoms with Crippen molar-refractivity contribution < 1.29 is 9.32 Å². The summed E-state index contributed by atoms with van der Waals surface area (Å²) in [7, 11) is 0. The van der Waals surface area contributed by atoms with Crippen molar-refractivity contribution >= 4 is 17.2 Å². The van der Waals surface area contributed by atoms with E-state index in [0.717, 1.165) is 44.5 Å². The summed E-state index contributed by atoms with van der Waals surface area (Å²) in [6, 6.07) is 0.0388. The Balaban J connectivity index is 1.70. The number of rotatable bonds is 6. The second-order valence-electron chi connectivity index (χ2n) is 5.43. The first-order chi connectivity index (χ1) is 10.7. The molecule has 0 saturated carbocycles. The zero-order chi connectivity index (χ0) is 15.5. The van der Waals surface area contributed by atoms with Gasteiger partial charge in [-0.15, -0.1) is 11.3 Å². The minimum Gasteiger partial charge on any atom is -0.363 e. The zero-order valence-electron chi connectivity index (χ0n) is 12.5. The standard InChI is InChI=1S/C14H19N5O2S/c1-2-4-11-16-9(8-22-11)7-19-6-3-5-10(19)14-17-13(12(15)20)18-21-14/h8,10H,2-7H2,1H3,(H2,15,20)/t10-/m1/s1. The molecular formula is C14H19N5O2S. The van der Waals surface area contributed by atoms with Gasteiger partial charge in [0.15, 0.2) is 0 Å². The van der Waals surface area contributed by atoms with Crippen LogP contribution < -0.4 is 5.73 Å². The van der Waals surface area contributed by atoms with Crippen LogP contribution in [0.4, 0.5) is 0 Å². The van der Waals surface area contributed by atoms with E-state index >= 15 is 0 Å². The Morgan fingerprint density at radius 1 is 1.55 bits per heavy atom. The van der Waals surface area contributed by atoms with Crippen LogP contribution in [0.3, 0.4) is 0 Å². The fourth-order valence-electron chi connectivity index (χ4n) is 2.72. The average Bonchev–Trinajstić information content (AvgIpc) is 3.19. The fraction of sp³-hybridized carbons (Fsp3) is 0.571. The van der Waals surface area contributed by atoms with E-state index in [0.29, 0.717) is 5.89 Å². The van der Waals surface area contributed by atoms with Crippen LogP contribution in [0.1, 0.15) is 59.4 Å². The van der Waals surface area contributed by atoms with Gasteiger partial charge < -0.3 is 10.3 Å². The van der Waals surface area contributed by atoms with Crippen LogP contribution in [-0.2, 0) is 13.0 Å². The molecule has 0 aromatic carbocycles. The van der Waals surface area contributed by atoms with Gasteiger partial charge in [0.2, 0.25) is 5.89 Å². The maximum absolute atomic E-state index is 11.1. The molecule has 1 saturated heterocycles. The number of aryl methyl sites for hydroxylation is 1. The summed E-state index contributed by atoms with van der Waals surface area (Å²) in [6.45, 7) is 3.88. The summed E-state index contributed by atoms with van der Waals surface area (Å²) in [5.74, 6) is -0.251. The number of carbonyl (C=O) groups is 1. The van der Waals surface area contributed by atoms with Crippen LogP contribution in [0.5, 0.6) is 0 Å². The van der Waals surface area contributed by atoms with Crippen LogP contribution in [-0.4, -0.2) is 32.5 Å². The highest BCUT2D eigenvalue weighted by Crippen LogP contribution is 2.32. The molecule has 1 fully saturated rings. The molecule has 3 heterocycles. The number of nitrogens with two attached hydrogens (primary N) is 1. The zero-order valence-corrected chi connectivity index (χ0v) is 13.3. The Morgan fingerprint density at radius 2 is 2.41 bits per heavy atom. The molecule has 0 spiro atoms. The Bertz CT molecular complexity index is 653. The molecule has 1 atom stereocenters. The average molecular weight is 321 g/mol. The lowest BCUT2D eigenvalue weighted by molar-refractivity contribution is 0.0987. The molecule has 2 N–H and O–H groups in total. The third-order valence-corrected chi connectivity index (χ3v) is 4.70. The second kappa shape index (κ2) is 6.53. The van der Waals surface area contributed by atoms with Gasteiger partial charge in [0.25, 0.3) is 11.7 Å². The highest BCUT2D eigenvalue weighted by Gasteiger charge is 2.31. The van der Waals surface area contributed by atoms with Crippen LogP contribution in [0, 0.1) is 0 Å². The maximum atomic E-state index is 11.1. The molecule has 1 amide bonds. The Labute approximate surface area is 132 Å². The quantitative estimate of drug-likeness (QED) is 0.872. The molecule has 0 bridgehead atoms. The predicted molar refractivity (Wildman–Crippen MR) is 81.3 cm³/mol. The molecule has 7 nitrogen and oxygen atoms in total. The summed E-state index contributed by atoms with van der Waals surface area (Å²) in [4.78, 5) is 22.1. The number of nitrogens with zero attached hydrogens (tertiary/aromatic N) is 4. The fourth-order valence-corrected chi connectivity index (χ4v) is 3.62. The molecule has 1 aliphatic rings. The Morgan fingerprint density at radius 3 is 3.14 bits per heavy atom. The number of hydrogen-bond donors (Lipinski definition) is 1. The summed E-state index contributed by atoms with van der Waals surface area (Å²) in [6.07, 6.45) is 4.13. The smallest absolute Gasteiger partial charge is 0.290 e. The molecule has 1 aliphatic heterocycles. The summed E-state index contributed by atoms with van der Waals surface area (Å²) < 4.78 is 5.20. The molecule has 22 heavy (non-hydrogen) atoms. The van der Waals surface area contributed by atoms with Crippen LogP contribution in [0.25, 0.3) is 0 Å². The van der Waals surface area contributed by atoms with Gasteiger partial charge in [-0.05, 0) is 32.2 Å². The number of likely N-dealkylation sites (tertiary alicyclic amines) is 1. The predicted octanol–water partition coefficient (Wildman–Crippen LogP) is 1.91. The van der Waals surface area contributed by atoms with Crippen LogP contribution >= 0.6 is 11.3 Å². The van der Waals surface area contributed by atoms with Crippen molar-refractivity contribution in [2.45, 2.75) is 45.2 Å². The van der Waals surface area contributed by atoms with Gasteiger partial charge in [0.05, 0.1) is 16.7 Å². The topological polar surface area (TPSA) is 98.1 Å². The SMILES string of the molecule is CCCc1nc(CN2CCC[C@@H]2c2nc(C(N)=O)no2)cs1. The van der Waals surface area contributed by atoms with Gasteiger partial charge in [0.1, 0.15) is 0 Å². The molecule has 2 aromatic rings. The van der Waals surface area contributed by atoms with Crippen molar-refractivity contribution in [3.05, 3.63) is 27.8 Å². The van der Waals surface area contributed by atoms with E-state index in [-0.39, 0.29) is 11.9 Å². The van der Waals surface area contributed by atoms with Crippen molar-refractivity contribution in [2.24, 2.45) is 5.73 Å². The lowest BCUT2D eigenvalue weighted by Gasteiger charge is -2.20. The van der Waals surface area contributed by atoms with Crippen LogP contribution in [0.2, 0.25) is 0 Å². The van der Waals surface area contributed by atoms with Crippen molar-refractivity contribution in [3.63, 3.8) is 0 Å². The number of amides is 1. The van der Waals surface area contributed by atoms with Crippen molar-refractivity contribution in [3.8, 4) is 0 Å². The lowest BCUT2D eigenvalue weighted by Crippen LogP contribution is -2.23. The van der Waals surface area contributed by atoms with Gasteiger partial charge in [-0.1, -0.05) is 12.1 Å². The van der Waals surface area contributed by atoms with E-state index in [1.54, 1.807) is 11.3 Å². The second-order valence-corrected chi connectivity index (χ2v) is 6.37. The summed E-state index contributed by atoms with van der Waals surface area (Å²) in [5, 5.41) is 6.93. The third-order valence-electron chi connectivity index (χ3n) is 3.74. The van der Waals surface area contributed by atoms with Crippen molar-refractivity contribution in [1.82, 2.24) is 20.0 Å². The minimum absolute atomic E-state index is 0.0388. The van der Waals surface area contributed by atoms with Gasteiger partial charge in [-0.2, -0.15) is 4.98 Å².